The van der Waals surface area contributed by atoms with E-state index < -0.39 is 0 Å². The lowest BCUT2D eigenvalue weighted by Gasteiger charge is -2.31. The van der Waals surface area contributed by atoms with Crippen molar-refractivity contribution >= 4 is 23.6 Å². The van der Waals surface area contributed by atoms with Crippen molar-refractivity contribution in [1.82, 2.24) is 16.0 Å². The summed E-state index contributed by atoms with van der Waals surface area (Å²) >= 11 is 1.62. The summed E-state index contributed by atoms with van der Waals surface area (Å²) in [4.78, 5) is 24.2. The lowest BCUT2D eigenvalue weighted by Crippen LogP contribution is -2.55. The molecule has 5 nitrogen and oxygen atoms in total. The molecule has 1 heterocycles. The molecule has 0 spiro atoms. The number of thioether (sulfide) groups is 1. The lowest BCUT2D eigenvalue weighted by atomic mass is 10.1. The molecule has 6 heteroatoms. The molecule has 1 fully saturated rings. The second-order valence-corrected chi connectivity index (χ2v) is 7.87. The highest BCUT2D eigenvalue weighted by atomic mass is 32.2. The molecule has 0 saturated carbocycles. The Morgan fingerprint density at radius 2 is 1.85 bits per heavy atom. The van der Waals surface area contributed by atoms with Crippen molar-refractivity contribution in [3.05, 3.63) is 71.3 Å². The second-order valence-electron chi connectivity index (χ2n) is 6.78. The molecule has 2 aromatic carbocycles. The van der Waals surface area contributed by atoms with E-state index in [-0.39, 0.29) is 23.4 Å². The van der Waals surface area contributed by atoms with Crippen LogP contribution in [0.25, 0.3) is 0 Å². The number of rotatable bonds is 7. The highest BCUT2D eigenvalue weighted by Gasteiger charge is 2.27. The van der Waals surface area contributed by atoms with E-state index in [0.29, 0.717) is 19.4 Å². The van der Waals surface area contributed by atoms with Gasteiger partial charge in [0.2, 0.25) is 11.8 Å². The van der Waals surface area contributed by atoms with Crippen LogP contribution < -0.4 is 16.0 Å². The van der Waals surface area contributed by atoms with Gasteiger partial charge in [-0.25, -0.2) is 0 Å². The van der Waals surface area contributed by atoms with Crippen LogP contribution in [0, 0.1) is 6.92 Å². The van der Waals surface area contributed by atoms with Crippen LogP contribution in [0.4, 0.5) is 0 Å². The number of amides is 2. The molecule has 2 amide bonds. The van der Waals surface area contributed by atoms with Crippen molar-refractivity contribution in [1.29, 1.82) is 0 Å². The molecular weight excluding hydrogens is 358 g/mol. The third-order valence-electron chi connectivity index (χ3n) is 4.41. The number of nitrogens with one attached hydrogen (secondary N) is 3. The molecule has 0 aromatic heterocycles. The van der Waals surface area contributed by atoms with Crippen LogP contribution in [0.5, 0.6) is 0 Å². The quantitative estimate of drug-likeness (QED) is 0.688. The second kappa shape index (κ2) is 9.58. The van der Waals surface area contributed by atoms with Crippen LogP contribution >= 0.6 is 11.8 Å². The number of hydrogen-bond acceptors (Lipinski definition) is 4. The first kappa shape index (κ1) is 19.5. The minimum absolute atomic E-state index is 0.0179. The summed E-state index contributed by atoms with van der Waals surface area (Å²) < 4.78 is 0. The van der Waals surface area contributed by atoms with Crippen molar-refractivity contribution in [2.24, 2.45) is 0 Å². The molecule has 1 aliphatic rings. The van der Waals surface area contributed by atoms with Gasteiger partial charge in [0.1, 0.15) is 5.50 Å². The Balaban J connectivity index is 1.45. The largest absolute Gasteiger partial charge is 0.352 e. The summed E-state index contributed by atoms with van der Waals surface area (Å²) in [6, 6.07) is 18.1. The van der Waals surface area contributed by atoms with E-state index >= 15 is 0 Å². The topological polar surface area (TPSA) is 70.2 Å². The Bertz CT molecular complexity index is 765. The van der Waals surface area contributed by atoms with Gasteiger partial charge < -0.3 is 10.6 Å². The maximum absolute atomic E-state index is 12.3. The number of carbonyl (C=O) groups excluding carboxylic acids is 2. The Hall–Kier alpha value is -2.31. The summed E-state index contributed by atoms with van der Waals surface area (Å²) in [5.41, 5.74) is 3.29. The summed E-state index contributed by atoms with van der Waals surface area (Å²) in [7, 11) is 0. The fourth-order valence-corrected chi connectivity index (χ4v) is 3.98. The molecule has 2 atom stereocenters. The van der Waals surface area contributed by atoms with Crippen molar-refractivity contribution < 1.29 is 9.59 Å². The van der Waals surface area contributed by atoms with Gasteiger partial charge in [-0.3, -0.25) is 14.9 Å². The SMILES string of the molecule is Cc1ccc(CNC(=O)CC2CC(=O)NC(SCc3ccccc3)N2)cc1. The molecule has 3 rings (SSSR count). The van der Waals surface area contributed by atoms with Gasteiger partial charge >= 0.3 is 0 Å². The maximum atomic E-state index is 12.3. The molecule has 2 unspecified atom stereocenters. The van der Waals surface area contributed by atoms with Crippen molar-refractivity contribution in [2.75, 3.05) is 0 Å². The van der Waals surface area contributed by atoms with Gasteiger partial charge in [0, 0.05) is 31.2 Å². The maximum Gasteiger partial charge on any atom is 0.223 e. The Labute approximate surface area is 164 Å². The minimum atomic E-state index is -0.179. The molecule has 2 aromatic rings. The molecule has 0 bridgehead atoms. The molecule has 1 saturated heterocycles. The fourth-order valence-electron chi connectivity index (χ4n) is 2.92. The number of benzene rings is 2. The summed E-state index contributed by atoms with van der Waals surface area (Å²) in [5, 5.41) is 9.23. The first-order chi connectivity index (χ1) is 13.1. The summed E-state index contributed by atoms with van der Waals surface area (Å²) in [6.07, 6.45) is 0.613. The van der Waals surface area contributed by atoms with Gasteiger partial charge in [-0.15, -0.1) is 11.8 Å². The van der Waals surface area contributed by atoms with Crippen LogP contribution in [-0.4, -0.2) is 23.4 Å². The zero-order valence-corrected chi connectivity index (χ0v) is 16.2. The van der Waals surface area contributed by atoms with E-state index in [1.807, 2.05) is 49.4 Å². The molecule has 0 aliphatic carbocycles. The Morgan fingerprint density at radius 1 is 1.11 bits per heavy atom. The number of carbonyl (C=O) groups is 2. The van der Waals surface area contributed by atoms with E-state index in [1.54, 1.807) is 11.8 Å². The van der Waals surface area contributed by atoms with Crippen LogP contribution in [0.3, 0.4) is 0 Å². The average Bonchev–Trinajstić information content (AvgIpc) is 2.66. The first-order valence-corrected chi connectivity index (χ1v) is 10.2. The standard InChI is InChI=1S/C21H25N3O2S/c1-15-7-9-16(10-8-15)13-22-19(25)11-18-12-20(26)24-21(23-18)27-14-17-5-3-2-4-6-17/h2-10,18,21,23H,11-14H2,1H3,(H,22,25)(H,24,26). The Kier molecular flexibility index (Phi) is 6.90. The van der Waals surface area contributed by atoms with E-state index in [2.05, 4.69) is 28.1 Å². The van der Waals surface area contributed by atoms with Crippen LogP contribution in [0.2, 0.25) is 0 Å². The van der Waals surface area contributed by atoms with Crippen LogP contribution in [0.1, 0.15) is 29.5 Å². The molecule has 142 valence electrons. The lowest BCUT2D eigenvalue weighted by molar-refractivity contribution is -0.125. The third kappa shape index (κ3) is 6.41. The van der Waals surface area contributed by atoms with Crippen molar-refractivity contribution in [2.45, 2.75) is 43.6 Å². The average molecular weight is 384 g/mol. The van der Waals surface area contributed by atoms with E-state index in [1.165, 1.54) is 11.1 Å². The molecule has 1 aliphatic heterocycles. The first-order valence-electron chi connectivity index (χ1n) is 9.11. The third-order valence-corrected chi connectivity index (χ3v) is 5.50. The summed E-state index contributed by atoms with van der Waals surface area (Å²) in [5.74, 6) is 0.732. The molecular formula is C21H25N3O2S. The zero-order valence-electron chi connectivity index (χ0n) is 15.4. The van der Waals surface area contributed by atoms with Crippen LogP contribution in [-0.2, 0) is 21.9 Å². The smallest absolute Gasteiger partial charge is 0.223 e. The fraction of sp³-hybridized carbons (Fsp3) is 0.333. The van der Waals surface area contributed by atoms with E-state index in [4.69, 9.17) is 0 Å². The highest BCUT2D eigenvalue weighted by Crippen LogP contribution is 2.18. The normalized spacial score (nSPS) is 19.4. The van der Waals surface area contributed by atoms with Crippen molar-refractivity contribution in [3.8, 4) is 0 Å². The van der Waals surface area contributed by atoms with E-state index in [0.717, 1.165) is 11.3 Å². The van der Waals surface area contributed by atoms with Gasteiger partial charge in [-0.05, 0) is 18.1 Å². The molecule has 0 radical (unpaired) electrons. The monoisotopic (exact) mass is 383 g/mol. The Morgan fingerprint density at radius 3 is 2.59 bits per heavy atom. The predicted octanol–water partition coefficient (Wildman–Crippen LogP) is 2.70. The van der Waals surface area contributed by atoms with E-state index in [9.17, 15) is 9.59 Å². The predicted molar refractivity (Wildman–Crippen MR) is 109 cm³/mol. The minimum Gasteiger partial charge on any atom is -0.352 e. The highest BCUT2D eigenvalue weighted by molar-refractivity contribution is 7.99. The number of hydrogen-bond donors (Lipinski definition) is 3. The van der Waals surface area contributed by atoms with Gasteiger partial charge in [0.25, 0.3) is 0 Å². The van der Waals surface area contributed by atoms with Gasteiger partial charge in [-0.1, -0.05) is 60.2 Å². The van der Waals surface area contributed by atoms with Crippen molar-refractivity contribution in [3.63, 3.8) is 0 Å². The zero-order chi connectivity index (χ0) is 19.1. The summed E-state index contributed by atoms with van der Waals surface area (Å²) in [6.45, 7) is 2.54. The van der Waals surface area contributed by atoms with Crippen LogP contribution in [0.15, 0.2) is 54.6 Å². The molecule has 27 heavy (non-hydrogen) atoms. The number of aryl methyl sites for hydroxylation is 1. The van der Waals surface area contributed by atoms with Gasteiger partial charge in [0.15, 0.2) is 0 Å². The van der Waals surface area contributed by atoms with Gasteiger partial charge in [-0.2, -0.15) is 0 Å². The van der Waals surface area contributed by atoms with Gasteiger partial charge in [0.05, 0.1) is 0 Å². The molecule has 3 N–H and O–H groups in total.